The number of aromatic nitrogens is 1. The van der Waals surface area contributed by atoms with Gasteiger partial charge in [-0.3, -0.25) is 4.98 Å². The summed E-state index contributed by atoms with van der Waals surface area (Å²) < 4.78 is 0. The van der Waals surface area contributed by atoms with E-state index in [1.807, 2.05) is 6.20 Å². The van der Waals surface area contributed by atoms with Gasteiger partial charge in [0.2, 0.25) is 0 Å². The molecule has 26 heavy (non-hydrogen) atoms. The van der Waals surface area contributed by atoms with E-state index < -0.39 is 8.07 Å². The van der Waals surface area contributed by atoms with Crippen LogP contribution in [0.15, 0.2) is 97.3 Å². The molecule has 0 spiro atoms. The number of hydrogen-bond donors (Lipinski definition) is 0. The average molecular weight is 350 g/mol. The van der Waals surface area contributed by atoms with E-state index in [1.165, 1.54) is 37.4 Å². The van der Waals surface area contributed by atoms with Crippen LogP contribution in [-0.2, 0) is 0 Å². The quantitative estimate of drug-likeness (QED) is 0.447. The summed E-state index contributed by atoms with van der Waals surface area (Å²) in [6.07, 6.45) is 4.12. The molecule has 0 atom stereocenters. The molecule has 0 fully saturated rings. The molecule has 1 aliphatic rings. The highest BCUT2D eigenvalue weighted by Crippen LogP contribution is 2.30. The molecule has 1 nitrogen and oxygen atoms in total. The van der Waals surface area contributed by atoms with Gasteiger partial charge in [-0.2, -0.15) is 0 Å². The molecular weight excluding hydrogens is 330 g/mol. The third-order valence-electron chi connectivity index (χ3n) is 5.55. The molecule has 1 aromatic heterocycles. The van der Waals surface area contributed by atoms with Crippen LogP contribution in [0.5, 0.6) is 0 Å². The summed E-state index contributed by atoms with van der Waals surface area (Å²) in [6.45, 7) is 2.18. The number of rotatable bonds is 2. The van der Waals surface area contributed by atoms with Crippen molar-refractivity contribution in [2.75, 3.05) is 0 Å². The SMILES string of the molecule is Cc1cncc2c1-c1ccccc1[Si]2(c1ccccc1)c1ccccc1. The molecule has 3 aromatic carbocycles. The van der Waals surface area contributed by atoms with E-state index in [4.69, 9.17) is 0 Å². The van der Waals surface area contributed by atoms with Crippen molar-refractivity contribution in [2.45, 2.75) is 6.92 Å². The highest BCUT2D eigenvalue weighted by Gasteiger charge is 2.49. The fraction of sp³-hybridized carbons (Fsp3) is 0.0417. The maximum absolute atomic E-state index is 4.62. The number of fused-ring (bicyclic) bond motifs is 3. The minimum Gasteiger partial charge on any atom is -0.264 e. The van der Waals surface area contributed by atoms with Crippen molar-refractivity contribution >= 4 is 28.8 Å². The zero-order chi connectivity index (χ0) is 17.6. The van der Waals surface area contributed by atoms with Crippen molar-refractivity contribution in [1.82, 2.24) is 4.98 Å². The topological polar surface area (TPSA) is 12.9 Å². The third-order valence-corrected chi connectivity index (χ3v) is 10.4. The van der Waals surface area contributed by atoms with Crippen LogP contribution >= 0.6 is 0 Å². The molecule has 4 aromatic rings. The molecule has 0 bridgehead atoms. The van der Waals surface area contributed by atoms with E-state index in [2.05, 4.69) is 103 Å². The normalized spacial score (nSPS) is 13.9. The summed E-state index contributed by atoms with van der Waals surface area (Å²) in [5, 5.41) is 5.73. The van der Waals surface area contributed by atoms with E-state index in [9.17, 15) is 0 Å². The maximum Gasteiger partial charge on any atom is 0.182 e. The van der Waals surface area contributed by atoms with Gasteiger partial charge in [0.05, 0.1) is 0 Å². The molecule has 1 aliphatic heterocycles. The van der Waals surface area contributed by atoms with Crippen LogP contribution in [0.1, 0.15) is 5.56 Å². The molecule has 2 heterocycles. The molecule has 0 radical (unpaired) electrons. The van der Waals surface area contributed by atoms with Gasteiger partial charge in [0.15, 0.2) is 8.07 Å². The average Bonchev–Trinajstić information content (AvgIpc) is 3.02. The number of nitrogens with zero attached hydrogens (tertiary/aromatic N) is 1. The Balaban J connectivity index is 2.00. The second-order valence-electron chi connectivity index (χ2n) is 6.91. The Morgan fingerprint density at radius 3 is 1.85 bits per heavy atom. The Kier molecular flexibility index (Phi) is 3.40. The van der Waals surface area contributed by atoms with Crippen molar-refractivity contribution in [1.29, 1.82) is 0 Å². The van der Waals surface area contributed by atoms with Gasteiger partial charge < -0.3 is 0 Å². The Bertz CT molecular complexity index is 1050. The minimum atomic E-state index is -2.32. The van der Waals surface area contributed by atoms with Gasteiger partial charge in [-0.05, 0) is 44.4 Å². The van der Waals surface area contributed by atoms with Gasteiger partial charge >= 0.3 is 0 Å². The predicted molar refractivity (Wildman–Crippen MR) is 112 cm³/mol. The summed E-state index contributed by atoms with van der Waals surface area (Å²) in [6, 6.07) is 31.0. The van der Waals surface area contributed by atoms with Gasteiger partial charge in [-0.15, -0.1) is 0 Å². The Labute approximate surface area is 155 Å². The first-order valence-electron chi connectivity index (χ1n) is 8.99. The highest BCUT2D eigenvalue weighted by atomic mass is 28.3. The number of pyridine rings is 1. The lowest BCUT2D eigenvalue weighted by Gasteiger charge is -2.30. The molecule has 0 saturated heterocycles. The lowest BCUT2D eigenvalue weighted by atomic mass is 10.0. The second kappa shape index (κ2) is 5.79. The molecule has 124 valence electrons. The molecule has 5 rings (SSSR count). The van der Waals surface area contributed by atoms with Crippen LogP contribution in [0.4, 0.5) is 0 Å². The minimum absolute atomic E-state index is 1.26. The van der Waals surface area contributed by atoms with E-state index in [1.54, 1.807) is 0 Å². The van der Waals surface area contributed by atoms with E-state index in [-0.39, 0.29) is 0 Å². The molecule has 0 amide bonds. The van der Waals surface area contributed by atoms with Crippen molar-refractivity contribution in [3.8, 4) is 11.1 Å². The van der Waals surface area contributed by atoms with E-state index in [0.29, 0.717) is 0 Å². The zero-order valence-electron chi connectivity index (χ0n) is 14.7. The van der Waals surface area contributed by atoms with Crippen LogP contribution in [0, 0.1) is 6.92 Å². The lowest BCUT2D eigenvalue weighted by Crippen LogP contribution is -2.72. The summed E-state index contributed by atoms with van der Waals surface area (Å²) >= 11 is 0. The van der Waals surface area contributed by atoms with Gasteiger partial charge in [0.25, 0.3) is 0 Å². The zero-order valence-corrected chi connectivity index (χ0v) is 15.7. The summed E-state index contributed by atoms with van der Waals surface area (Å²) in [4.78, 5) is 4.62. The molecule has 0 aliphatic carbocycles. The maximum atomic E-state index is 4.62. The van der Waals surface area contributed by atoms with Crippen molar-refractivity contribution in [3.05, 3.63) is 103 Å². The molecular formula is C24H19NSi. The Morgan fingerprint density at radius 1 is 0.615 bits per heavy atom. The summed E-state index contributed by atoms with van der Waals surface area (Å²) in [5.41, 5.74) is 4.02. The molecule has 0 N–H and O–H groups in total. The van der Waals surface area contributed by atoms with E-state index in [0.717, 1.165) is 0 Å². The lowest BCUT2D eigenvalue weighted by molar-refractivity contribution is 1.29. The van der Waals surface area contributed by atoms with E-state index >= 15 is 0 Å². The smallest absolute Gasteiger partial charge is 0.182 e. The van der Waals surface area contributed by atoms with Gasteiger partial charge in [-0.1, -0.05) is 84.9 Å². The summed E-state index contributed by atoms with van der Waals surface area (Å²) in [7, 11) is -2.32. The molecule has 2 heteroatoms. The predicted octanol–water partition coefficient (Wildman–Crippen LogP) is 2.75. The Hall–Kier alpha value is -2.97. The molecule has 0 unspecified atom stereocenters. The number of aryl methyl sites for hydroxylation is 1. The standard InChI is InChI=1S/C24H19NSi/c1-18-16-25-17-23-24(18)21-14-8-9-15-22(21)26(23,19-10-4-2-5-11-19)20-12-6-3-7-13-20/h2-17H,1H3. The number of hydrogen-bond acceptors (Lipinski definition) is 1. The van der Waals surface area contributed by atoms with Crippen LogP contribution in [0.2, 0.25) is 0 Å². The first-order chi connectivity index (χ1) is 12.8. The fourth-order valence-corrected chi connectivity index (χ4v) is 9.73. The van der Waals surface area contributed by atoms with Crippen LogP contribution < -0.4 is 20.7 Å². The van der Waals surface area contributed by atoms with Gasteiger partial charge in [-0.25, -0.2) is 0 Å². The number of benzene rings is 3. The first-order valence-corrected chi connectivity index (χ1v) is 11.0. The van der Waals surface area contributed by atoms with Crippen molar-refractivity contribution in [2.24, 2.45) is 0 Å². The summed E-state index contributed by atoms with van der Waals surface area (Å²) in [5.74, 6) is 0. The van der Waals surface area contributed by atoms with Crippen LogP contribution in [-0.4, -0.2) is 13.1 Å². The Morgan fingerprint density at radius 2 is 1.19 bits per heavy atom. The molecule has 0 saturated carbocycles. The van der Waals surface area contributed by atoms with Crippen molar-refractivity contribution in [3.63, 3.8) is 0 Å². The first kappa shape index (κ1) is 15.3. The highest BCUT2D eigenvalue weighted by molar-refractivity contribution is 7.22. The second-order valence-corrected chi connectivity index (χ2v) is 10.6. The third kappa shape index (κ3) is 1.93. The van der Waals surface area contributed by atoms with Crippen molar-refractivity contribution < 1.29 is 0 Å². The van der Waals surface area contributed by atoms with Crippen LogP contribution in [0.3, 0.4) is 0 Å². The fourth-order valence-electron chi connectivity index (χ4n) is 4.55. The largest absolute Gasteiger partial charge is 0.264 e. The van der Waals surface area contributed by atoms with Gasteiger partial charge in [0, 0.05) is 12.4 Å². The van der Waals surface area contributed by atoms with Gasteiger partial charge in [0.1, 0.15) is 0 Å². The van der Waals surface area contributed by atoms with Crippen LogP contribution in [0.25, 0.3) is 11.1 Å². The monoisotopic (exact) mass is 349 g/mol.